The fraction of sp³-hybridized carbons (Fsp3) is 0.357. The number of likely N-dealkylation sites (tertiary alicyclic amines) is 1. The maximum absolute atomic E-state index is 13.7. The number of halogens is 4. The van der Waals surface area contributed by atoms with Crippen LogP contribution in [-0.2, 0) is 17.5 Å². The van der Waals surface area contributed by atoms with E-state index in [1.54, 1.807) is 0 Å². The van der Waals surface area contributed by atoms with E-state index in [-0.39, 0.29) is 24.8 Å². The van der Waals surface area contributed by atoms with Gasteiger partial charge in [-0.2, -0.15) is 13.2 Å². The summed E-state index contributed by atoms with van der Waals surface area (Å²) >= 11 is 0. The molecule has 0 aliphatic carbocycles. The second kappa shape index (κ2) is 5.16. The Balaban J connectivity index is 2.31. The number of terminal acetylenes is 1. The van der Waals surface area contributed by atoms with E-state index in [2.05, 4.69) is 5.92 Å². The first-order valence-corrected chi connectivity index (χ1v) is 5.91. The topological polar surface area (TPSA) is 20.3 Å². The second-order valence-corrected chi connectivity index (χ2v) is 4.61. The number of hydrogen-bond donors (Lipinski definition) is 0. The summed E-state index contributed by atoms with van der Waals surface area (Å²) in [7, 11) is 0. The second-order valence-electron chi connectivity index (χ2n) is 4.61. The van der Waals surface area contributed by atoms with Gasteiger partial charge in [-0.1, -0.05) is 6.07 Å². The molecule has 1 amide bonds. The summed E-state index contributed by atoms with van der Waals surface area (Å²) in [6.07, 6.45) is 0.626. The average molecular weight is 285 g/mol. The van der Waals surface area contributed by atoms with Crippen molar-refractivity contribution < 1.29 is 22.4 Å². The van der Waals surface area contributed by atoms with Gasteiger partial charge in [0.25, 0.3) is 0 Å². The molecule has 0 bridgehead atoms. The molecule has 2 nitrogen and oxygen atoms in total. The third-order valence-corrected chi connectivity index (χ3v) is 3.22. The van der Waals surface area contributed by atoms with E-state index < -0.39 is 29.7 Å². The molecule has 2 rings (SSSR count). The third-order valence-electron chi connectivity index (χ3n) is 3.22. The van der Waals surface area contributed by atoms with Crippen LogP contribution in [0.5, 0.6) is 0 Å². The smallest absolute Gasteiger partial charge is 0.337 e. The van der Waals surface area contributed by atoms with E-state index in [4.69, 9.17) is 6.42 Å². The number of nitrogens with zero attached hydrogens (tertiary/aromatic N) is 1. The van der Waals surface area contributed by atoms with E-state index >= 15 is 0 Å². The quantitative estimate of drug-likeness (QED) is 0.604. The van der Waals surface area contributed by atoms with Gasteiger partial charge >= 0.3 is 6.18 Å². The van der Waals surface area contributed by atoms with Crippen LogP contribution in [0.1, 0.15) is 17.5 Å². The highest BCUT2D eigenvalue weighted by Gasteiger charge is 2.36. The Morgan fingerprint density at radius 1 is 1.40 bits per heavy atom. The minimum atomic E-state index is -4.66. The molecule has 1 aliphatic heterocycles. The van der Waals surface area contributed by atoms with Crippen LogP contribution in [0, 0.1) is 24.1 Å². The van der Waals surface area contributed by atoms with Crippen molar-refractivity contribution in [2.24, 2.45) is 5.92 Å². The van der Waals surface area contributed by atoms with Crippen LogP contribution in [0.4, 0.5) is 17.6 Å². The molecule has 0 aromatic heterocycles. The summed E-state index contributed by atoms with van der Waals surface area (Å²) in [5.74, 6) is 0.729. The van der Waals surface area contributed by atoms with Crippen LogP contribution >= 0.6 is 0 Å². The maximum Gasteiger partial charge on any atom is 0.416 e. The molecule has 0 saturated carbocycles. The molecule has 1 atom stereocenters. The normalized spacial score (nSPS) is 19.2. The molecule has 1 fully saturated rings. The van der Waals surface area contributed by atoms with Crippen molar-refractivity contribution in [1.29, 1.82) is 0 Å². The Kier molecular flexibility index (Phi) is 3.71. The molecule has 1 aliphatic rings. The molecule has 6 heteroatoms. The number of carbonyl (C=O) groups excluding carboxylic acids is 1. The fourth-order valence-electron chi connectivity index (χ4n) is 2.21. The number of hydrogen-bond acceptors (Lipinski definition) is 1. The van der Waals surface area contributed by atoms with Gasteiger partial charge < -0.3 is 4.90 Å². The van der Waals surface area contributed by atoms with Gasteiger partial charge in [0.05, 0.1) is 5.56 Å². The Morgan fingerprint density at radius 2 is 2.10 bits per heavy atom. The van der Waals surface area contributed by atoms with E-state index in [0.717, 1.165) is 23.1 Å². The summed E-state index contributed by atoms with van der Waals surface area (Å²) in [5, 5.41) is 0. The van der Waals surface area contributed by atoms with Crippen LogP contribution in [0.3, 0.4) is 0 Å². The zero-order valence-corrected chi connectivity index (χ0v) is 10.4. The van der Waals surface area contributed by atoms with Gasteiger partial charge in [0.1, 0.15) is 5.82 Å². The summed E-state index contributed by atoms with van der Waals surface area (Å²) in [6.45, 7) is -0.264. The van der Waals surface area contributed by atoms with Crippen LogP contribution in [-0.4, -0.2) is 17.4 Å². The third kappa shape index (κ3) is 2.77. The van der Waals surface area contributed by atoms with E-state index in [1.165, 1.54) is 0 Å². The van der Waals surface area contributed by atoms with Gasteiger partial charge in [0, 0.05) is 31.0 Å². The van der Waals surface area contributed by atoms with E-state index in [1.807, 2.05) is 0 Å². The number of carbonyl (C=O) groups is 1. The molecule has 106 valence electrons. The zero-order valence-electron chi connectivity index (χ0n) is 10.4. The van der Waals surface area contributed by atoms with E-state index in [9.17, 15) is 22.4 Å². The highest BCUT2D eigenvalue weighted by molar-refractivity contribution is 5.79. The van der Waals surface area contributed by atoms with Crippen molar-refractivity contribution in [3.05, 3.63) is 35.1 Å². The van der Waals surface area contributed by atoms with Crippen LogP contribution in [0.2, 0.25) is 0 Å². The Hall–Kier alpha value is -2.03. The van der Waals surface area contributed by atoms with Gasteiger partial charge in [-0.25, -0.2) is 4.39 Å². The van der Waals surface area contributed by atoms with E-state index in [0.29, 0.717) is 0 Å². The predicted octanol–water partition coefficient (Wildman–Crippen LogP) is 2.83. The minimum Gasteiger partial charge on any atom is -0.337 e. The molecule has 1 saturated heterocycles. The Morgan fingerprint density at radius 3 is 2.65 bits per heavy atom. The average Bonchev–Trinajstić information content (AvgIpc) is 2.71. The molecular weight excluding hydrogens is 274 g/mol. The van der Waals surface area contributed by atoms with Crippen LogP contribution < -0.4 is 0 Å². The number of amides is 1. The lowest BCUT2D eigenvalue weighted by molar-refractivity contribution is -0.139. The SMILES string of the molecule is C#CC1CC(=O)N(Cc2c(F)cccc2C(F)(F)F)C1. The van der Waals surface area contributed by atoms with Gasteiger partial charge in [-0.15, -0.1) is 12.3 Å². The summed E-state index contributed by atoms with van der Waals surface area (Å²) < 4.78 is 52.2. The van der Waals surface area contributed by atoms with Crippen molar-refractivity contribution in [3.8, 4) is 12.3 Å². The highest BCUT2D eigenvalue weighted by atomic mass is 19.4. The molecule has 0 N–H and O–H groups in total. The first-order valence-electron chi connectivity index (χ1n) is 5.91. The summed E-state index contributed by atoms with van der Waals surface area (Å²) in [6, 6.07) is 2.75. The van der Waals surface area contributed by atoms with Crippen LogP contribution in [0.25, 0.3) is 0 Å². The number of rotatable bonds is 2. The van der Waals surface area contributed by atoms with Crippen molar-refractivity contribution >= 4 is 5.91 Å². The van der Waals surface area contributed by atoms with Crippen molar-refractivity contribution in [2.45, 2.75) is 19.1 Å². The maximum atomic E-state index is 13.7. The molecule has 1 aromatic carbocycles. The molecule has 0 spiro atoms. The standard InChI is InChI=1S/C14H11F4NO/c1-2-9-6-13(20)19(7-9)8-10-11(14(16,17)18)4-3-5-12(10)15/h1,3-5,9H,6-8H2. The first kappa shape index (κ1) is 14.4. The van der Waals surface area contributed by atoms with Gasteiger partial charge in [-0.05, 0) is 12.1 Å². The monoisotopic (exact) mass is 285 g/mol. The molecule has 20 heavy (non-hydrogen) atoms. The fourth-order valence-corrected chi connectivity index (χ4v) is 2.21. The molecule has 1 aromatic rings. The van der Waals surface area contributed by atoms with Crippen molar-refractivity contribution in [3.63, 3.8) is 0 Å². The lowest BCUT2D eigenvalue weighted by Gasteiger charge is -2.20. The Bertz CT molecular complexity index is 574. The highest BCUT2D eigenvalue weighted by Crippen LogP contribution is 2.34. The molecule has 0 radical (unpaired) electrons. The van der Waals surface area contributed by atoms with Crippen LogP contribution in [0.15, 0.2) is 18.2 Å². The number of alkyl halides is 3. The zero-order chi connectivity index (χ0) is 14.9. The Labute approximate surface area is 113 Å². The van der Waals surface area contributed by atoms with Crippen molar-refractivity contribution in [1.82, 2.24) is 4.90 Å². The summed E-state index contributed by atoms with van der Waals surface area (Å²) in [4.78, 5) is 12.8. The van der Waals surface area contributed by atoms with Gasteiger partial charge in [0.2, 0.25) is 5.91 Å². The summed E-state index contributed by atoms with van der Waals surface area (Å²) in [5.41, 5.74) is -1.58. The lowest BCUT2D eigenvalue weighted by atomic mass is 10.1. The molecule has 1 unspecified atom stereocenters. The molecular formula is C14H11F4NO. The largest absolute Gasteiger partial charge is 0.416 e. The lowest BCUT2D eigenvalue weighted by Crippen LogP contribution is -2.27. The molecule has 1 heterocycles. The van der Waals surface area contributed by atoms with Gasteiger partial charge in [0.15, 0.2) is 0 Å². The first-order chi connectivity index (χ1) is 9.32. The minimum absolute atomic E-state index is 0.0896. The van der Waals surface area contributed by atoms with Crippen molar-refractivity contribution in [2.75, 3.05) is 6.54 Å². The predicted molar refractivity (Wildman–Crippen MR) is 63.8 cm³/mol. The van der Waals surface area contributed by atoms with Gasteiger partial charge in [-0.3, -0.25) is 4.79 Å². The number of benzene rings is 1.